The number of pyridine rings is 1. The molecule has 0 aliphatic carbocycles. The van der Waals surface area contributed by atoms with E-state index in [9.17, 15) is 5.11 Å². The zero-order chi connectivity index (χ0) is 18.1. The van der Waals surface area contributed by atoms with E-state index in [2.05, 4.69) is 16.8 Å². The van der Waals surface area contributed by atoms with Crippen molar-refractivity contribution in [2.75, 3.05) is 12.4 Å². The number of phenols is 1. The highest BCUT2D eigenvalue weighted by Gasteiger charge is 2.45. The number of rotatable bonds is 5. The zero-order valence-electron chi connectivity index (χ0n) is 15.0. The number of thioether (sulfide) groups is 1. The second-order valence-electron chi connectivity index (χ2n) is 6.50. The Balaban J connectivity index is 1.78. The van der Waals surface area contributed by atoms with Gasteiger partial charge < -0.3 is 14.7 Å². The maximum atomic E-state index is 10.1. The van der Waals surface area contributed by atoms with Gasteiger partial charge in [-0.3, -0.25) is 9.98 Å². The van der Waals surface area contributed by atoms with Gasteiger partial charge in [-0.25, -0.2) is 0 Å². The van der Waals surface area contributed by atoms with E-state index in [0.717, 1.165) is 28.6 Å². The highest BCUT2D eigenvalue weighted by molar-refractivity contribution is 8.14. The number of fused-ring (bicyclic) bond motifs is 1. The standard InChI is InChI=1S/C20H23N3O2S/c1-3-14-12-26-20-22-18(15-7-5-6-10-21-15)19(23(14)20)13-8-9-16(24)17(11-13)25-4-2/h5-11,14,18-19,24H,3-4,12H2,1-2H3/t14-,18-,19+/m0/s1. The number of hydrogen-bond donors (Lipinski definition) is 1. The molecular weight excluding hydrogens is 346 g/mol. The summed E-state index contributed by atoms with van der Waals surface area (Å²) in [5, 5.41) is 11.2. The summed E-state index contributed by atoms with van der Waals surface area (Å²) < 4.78 is 5.62. The molecular formula is C20H23N3O2S. The minimum absolute atomic E-state index is 0.0490. The molecule has 3 atom stereocenters. The van der Waals surface area contributed by atoms with Gasteiger partial charge in [0.05, 0.1) is 18.3 Å². The van der Waals surface area contributed by atoms with E-state index in [4.69, 9.17) is 9.73 Å². The summed E-state index contributed by atoms with van der Waals surface area (Å²) in [4.78, 5) is 12.0. The van der Waals surface area contributed by atoms with Crippen LogP contribution in [0.15, 0.2) is 47.6 Å². The monoisotopic (exact) mass is 369 g/mol. The highest BCUT2D eigenvalue weighted by Crippen LogP contribution is 2.49. The molecule has 2 aliphatic rings. The number of benzene rings is 1. The minimum Gasteiger partial charge on any atom is -0.504 e. The molecule has 26 heavy (non-hydrogen) atoms. The lowest BCUT2D eigenvalue weighted by Crippen LogP contribution is -2.35. The third-order valence-electron chi connectivity index (χ3n) is 4.95. The van der Waals surface area contributed by atoms with Crippen molar-refractivity contribution in [2.24, 2.45) is 4.99 Å². The number of aromatic hydroxyl groups is 1. The van der Waals surface area contributed by atoms with E-state index in [1.54, 1.807) is 6.07 Å². The first-order valence-electron chi connectivity index (χ1n) is 9.08. The average Bonchev–Trinajstić information content (AvgIpc) is 3.23. The van der Waals surface area contributed by atoms with Gasteiger partial charge in [0, 0.05) is 18.0 Å². The van der Waals surface area contributed by atoms with Crippen LogP contribution in [-0.2, 0) is 0 Å². The lowest BCUT2D eigenvalue weighted by molar-refractivity contribution is 0.253. The number of phenolic OH excluding ortho intramolecular Hbond substituents is 1. The van der Waals surface area contributed by atoms with E-state index in [0.29, 0.717) is 18.4 Å². The van der Waals surface area contributed by atoms with Crippen molar-refractivity contribution in [3.63, 3.8) is 0 Å². The van der Waals surface area contributed by atoms with E-state index in [-0.39, 0.29) is 17.8 Å². The van der Waals surface area contributed by atoms with Gasteiger partial charge >= 0.3 is 0 Å². The number of nitrogens with zero attached hydrogens (tertiary/aromatic N) is 3. The van der Waals surface area contributed by atoms with Gasteiger partial charge in [-0.1, -0.05) is 30.8 Å². The molecule has 3 heterocycles. The van der Waals surface area contributed by atoms with Gasteiger partial charge in [0.1, 0.15) is 6.04 Å². The molecule has 2 aromatic rings. The van der Waals surface area contributed by atoms with Gasteiger partial charge in [-0.05, 0) is 43.2 Å². The molecule has 1 fully saturated rings. The van der Waals surface area contributed by atoms with Crippen LogP contribution in [0.5, 0.6) is 11.5 Å². The van der Waals surface area contributed by atoms with Crippen LogP contribution in [0, 0.1) is 0 Å². The Hall–Kier alpha value is -2.21. The SMILES string of the molecule is CCOc1cc([C@@H]2[C@H](c3ccccn3)N=C3SC[C@H](CC)N32)ccc1O. The van der Waals surface area contributed by atoms with Crippen molar-refractivity contribution in [1.29, 1.82) is 0 Å². The minimum atomic E-state index is -0.0490. The molecule has 5 nitrogen and oxygen atoms in total. The number of aromatic nitrogens is 1. The van der Waals surface area contributed by atoms with Crippen molar-refractivity contribution >= 4 is 16.9 Å². The molecule has 1 aromatic carbocycles. The fourth-order valence-electron chi connectivity index (χ4n) is 3.70. The van der Waals surface area contributed by atoms with Crippen LogP contribution in [0.2, 0.25) is 0 Å². The molecule has 1 aromatic heterocycles. The second kappa shape index (κ2) is 7.19. The molecule has 0 radical (unpaired) electrons. The average molecular weight is 369 g/mol. The van der Waals surface area contributed by atoms with Crippen LogP contribution >= 0.6 is 11.8 Å². The highest BCUT2D eigenvalue weighted by atomic mass is 32.2. The van der Waals surface area contributed by atoms with Crippen LogP contribution in [0.3, 0.4) is 0 Å². The summed E-state index contributed by atoms with van der Waals surface area (Å²) in [5.74, 6) is 1.77. The summed E-state index contributed by atoms with van der Waals surface area (Å²) in [7, 11) is 0. The summed E-state index contributed by atoms with van der Waals surface area (Å²) in [5.41, 5.74) is 2.07. The van der Waals surface area contributed by atoms with Crippen LogP contribution in [0.25, 0.3) is 0 Å². The fraction of sp³-hybridized carbons (Fsp3) is 0.400. The van der Waals surface area contributed by atoms with Crippen LogP contribution < -0.4 is 4.74 Å². The van der Waals surface area contributed by atoms with Gasteiger partial charge in [-0.2, -0.15) is 0 Å². The van der Waals surface area contributed by atoms with Gasteiger partial charge in [0.25, 0.3) is 0 Å². The first-order chi connectivity index (χ1) is 12.7. The summed E-state index contributed by atoms with van der Waals surface area (Å²) in [6.45, 7) is 4.66. The number of hydrogen-bond acceptors (Lipinski definition) is 6. The molecule has 6 heteroatoms. The Labute approximate surface area is 158 Å². The predicted molar refractivity (Wildman–Crippen MR) is 105 cm³/mol. The molecule has 1 N–H and O–H groups in total. The molecule has 2 aliphatic heterocycles. The molecule has 0 saturated carbocycles. The van der Waals surface area contributed by atoms with Gasteiger partial charge in [0.2, 0.25) is 0 Å². The maximum absolute atomic E-state index is 10.1. The summed E-state index contributed by atoms with van der Waals surface area (Å²) >= 11 is 1.83. The lowest BCUT2D eigenvalue weighted by atomic mass is 9.95. The fourth-order valence-corrected chi connectivity index (χ4v) is 5.03. The van der Waals surface area contributed by atoms with Crippen LogP contribution in [-0.4, -0.2) is 38.6 Å². The van der Waals surface area contributed by atoms with Gasteiger partial charge in [0.15, 0.2) is 16.7 Å². The van der Waals surface area contributed by atoms with E-state index in [1.165, 1.54) is 0 Å². The van der Waals surface area contributed by atoms with E-state index in [1.807, 2.05) is 55.2 Å². The molecule has 4 rings (SSSR count). The number of amidine groups is 1. The first-order valence-corrected chi connectivity index (χ1v) is 10.1. The molecule has 136 valence electrons. The Kier molecular flexibility index (Phi) is 4.76. The number of aliphatic imine (C=N–C) groups is 1. The topological polar surface area (TPSA) is 58.0 Å². The Morgan fingerprint density at radius 2 is 2.15 bits per heavy atom. The van der Waals surface area contributed by atoms with Gasteiger partial charge in [-0.15, -0.1) is 0 Å². The molecule has 0 bridgehead atoms. The predicted octanol–water partition coefficient (Wildman–Crippen LogP) is 4.17. The molecule has 1 saturated heterocycles. The zero-order valence-corrected chi connectivity index (χ0v) is 15.8. The molecule has 0 spiro atoms. The smallest absolute Gasteiger partial charge is 0.161 e. The Morgan fingerprint density at radius 3 is 2.88 bits per heavy atom. The summed E-state index contributed by atoms with van der Waals surface area (Å²) in [6, 6.07) is 12.1. The van der Waals surface area contributed by atoms with Crippen molar-refractivity contribution in [3.8, 4) is 11.5 Å². The molecule has 0 amide bonds. The largest absolute Gasteiger partial charge is 0.504 e. The quantitative estimate of drug-likeness (QED) is 0.857. The molecule has 0 unspecified atom stereocenters. The van der Waals surface area contributed by atoms with Crippen molar-refractivity contribution in [3.05, 3.63) is 53.9 Å². The summed E-state index contributed by atoms with van der Waals surface area (Å²) in [6.07, 6.45) is 2.90. The number of ether oxygens (including phenoxy) is 1. The van der Waals surface area contributed by atoms with E-state index >= 15 is 0 Å². The first kappa shape index (κ1) is 17.2. The van der Waals surface area contributed by atoms with Crippen LogP contribution in [0.4, 0.5) is 0 Å². The lowest BCUT2D eigenvalue weighted by Gasteiger charge is -2.32. The third-order valence-corrected chi connectivity index (χ3v) is 6.08. The second-order valence-corrected chi connectivity index (χ2v) is 7.48. The van der Waals surface area contributed by atoms with E-state index < -0.39 is 0 Å². The van der Waals surface area contributed by atoms with Crippen molar-refractivity contribution < 1.29 is 9.84 Å². The third kappa shape index (κ3) is 2.92. The normalized spacial score (nSPS) is 24.5. The van der Waals surface area contributed by atoms with Crippen molar-refractivity contribution in [2.45, 2.75) is 38.4 Å². The Bertz CT molecular complexity index is 812. The van der Waals surface area contributed by atoms with Crippen molar-refractivity contribution in [1.82, 2.24) is 9.88 Å². The van der Waals surface area contributed by atoms with Crippen LogP contribution in [0.1, 0.15) is 43.6 Å². The maximum Gasteiger partial charge on any atom is 0.161 e. The Morgan fingerprint density at radius 1 is 1.27 bits per heavy atom.